The molecule has 1 aliphatic rings. The molecule has 120 valence electrons. The maximum atomic E-state index is 12.5. The summed E-state index contributed by atoms with van der Waals surface area (Å²) in [6, 6.07) is 9.89. The first-order valence-corrected chi connectivity index (χ1v) is 7.98. The molecule has 0 spiro atoms. The normalized spacial score (nSPS) is 20.4. The summed E-state index contributed by atoms with van der Waals surface area (Å²) in [6.45, 7) is 5.33. The molecular weight excluding hydrogens is 288 g/mol. The molecule has 1 saturated heterocycles. The predicted molar refractivity (Wildman–Crippen MR) is 89.4 cm³/mol. The Bertz CT molecular complexity index is 685. The number of amides is 1. The average molecular weight is 310 g/mol. The first-order chi connectivity index (χ1) is 11.1. The van der Waals surface area contributed by atoms with Gasteiger partial charge in [-0.25, -0.2) is 0 Å². The van der Waals surface area contributed by atoms with Crippen LogP contribution in [0.2, 0.25) is 0 Å². The fourth-order valence-electron chi connectivity index (χ4n) is 2.92. The summed E-state index contributed by atoms with van der Waals surface area (Å²) in [6.07, 6.45) is 4.49. The molecule has 1 aliphatic heterocycles. The lowest BCUT2D eigenvalue weighted by molar-refractivity contribution is 0.0925. The van der Waals surface area contributed by atoms with E-state index in [1.165, 1.54) is 11.1 Å². The third kappa shape index (κ3) is 3.77. The van der Waals surface area contributed by atoms with Crippen LogP contribution < -0.4 is 5.32 Å². The largest absolute Gasteiger partial charge is 0.379 e. The summed E-state index contributed by atoms with van der Waals surface area (Å²) in [5.41, 5.74) is 4.26. The van der Waals surface area contributed by atoms with Gasteiger partial charge in [0, 0.05) is 23.9 Å². The molecule has 2 heterocycles. The standard InChI is InChI=1S/C19H22N2O2/c1-13-3-4-16(9-14(13)2)19(22)21-18-12-23-11-17(18)10-15-5-7-20-8-6-15/h3-9,17-18H,10-12H2,1-2H3,(H,21,22)/t17-,18+/m1/s1. The van der Waals surface area contributed by atoms with Crippen molar-refractivity contribution < 1.29 is 9.53 Å². The number of ether oxygens (including phenoxy) is 1. The minimum Gasteiger partial charge on any atom is -0.379 e. The third-order valence-electron chi connectivity index (χ3n) is 4.53. The second-order valence-corrected chi connectivity index (χ2v) is 6.24. The summed E-state index contributed by atoms with van der Waals surface area (Å²) in [4.78, 5) is 16.5. The van der Waals surface area contributed by atoms with E-state index in [1.807, 2.05) is 44.2 Å². The van der Waals surface area contributed by atoms with Gasteiger partial charge in [-0.2, -0.15) is 0 Å². The molecular formula is C19H22N2O2. The zero-order valence-corrected chi connectivity index (χ0v) is 13.6. The summed E-state index contributed by atoms with van der Waals surface area (Å²) in [7, 11) is 0. The summed E-state index contributed by atoms with van der Waals surface area (Å²) in [5.74, 6) is 0.274. The van der Waals surface area contributed by atoms with E-state index in [1.54, 1.807) is 12.4 Å². The highest BCUT2D eigenvalue weighted by Crippen LogP contribution is 2.20. The summed E-state index contributed by atoms with van der Waals surface area (Å²) < 4.78 is 5.59. The highest BCUT2D eigenvalue weighted by molar-refractivity contribution is 5.94. The van der Waals surface area contributed by atoms with Gasteiger partial charge in [-0.3, -0.25) is 9.78 Å². The number of pyridine rings is 1. The molecule has 3 rings (SSSR count). The molecule has 4 heteroatoms. The Labute approximate surface area is 136 Å². The monoisotopic (exact) mass is 310 g/mol. The molecule has 1 fully saturated rings. The van der Waals surface area contributed by atoms with Crippen molar-refractivity contribution >= 4 is 5.91 Å². The van der Waals surface area contributed by atoms with Crippen molar-refractivity contribution in [1.29, 1.82) is 0 Å². The van der Waals surface area contributed by atoms with Crippen LogP contribution in [0.3, 0.4) is 0 Å². The Morgan fingerprint density at radius 1 is 1.17 bits per heavy atom. The van der Waals surface area contributed by atoms with E-state index in [-0.39, 0.29) is 11.9 Å². The maximum absolute atomic E-state index is 12.5. The van der Waals surface area contributed by atoms with E-state index in [4.69, 9.17) is 4.74 Å². The third-order valence-corrected chi connectivity index (χ3v) is 4.53. The van der Waals surface area contributed by atoms with E-state index in [0.29, 0.717) is 24.7 Å². The minimum absolute atomic E-state index is 0.0247. The van der Waals surface area contributed by atoms with Gasteiger partial charge in [0.1, 0.15) is 0 Å². The zero-order chi connectivity index (χ0) is 16.2. The van der Waals surface area contributed by atoms with Crippen molar-refractivity contribution in [2.24, 2.45) is 5.92 Å². The Balaban J connectivity index is 1.66. The van der Waals surface area contributed by atoms with Gasteiger partial charge in [0.15, 0.2) is 0 Å². The predicted octanol–water partition coefficient (Wildman–Crippen LogP) is 2.69. The summed E-state index contributed by atoms with van der Waals surface area (Å²) in [5, 5.41) is 3.13. The van der Waals surface area contributed by atoms with Crippen LogP contribution in [0.25, 0.3) is 0 Å². The number of rotatable bonds is 4. The summed E-state index contributed by atoms with van der Waals surface area (Å²) >= 11 is 0. The lowest BCUT2D eigenvalue weighted by atomic mass is 9.95. The zero-order valence-electron chi connectivity index (χ0n) is 13.6. The fraction of sp³-hybridized carbons (Fsp3) is 0.368. The van der Waals surface area contributed by atoms with Crippen LogP contribution in [0.1, 0.15) is 27.0 Å². The number of benzene rings is 1. The molecule has 0 bridgehead atoms. The van der Waals surface area contributed by atoms with Crippen LogP contribution in [0, 0.1) is 19.8 Å². The van der Waals surface area contributed by atoms with Crippen molar-refractivity contribution in [3.8, 4) is 0 Å². The molecule has 1 aromatic heterocycles. The number of nitrogens with zero attached hydrogens (tertiary/aromatic N) is 1. The maximum Gasteiger partial charge on any atom is 0.251 e. The lowest BCUT2D eigenvalue weighted by Crippen LogP contribution is -2.40. The molecule has 23 heavy (non-hydrogen) atoms. The lowest BCUT2D eigenvalue weighted by Gasteiger charge is -2.19. The number of nitrogens with one attached hydrogen (secondary N) is 1. The second kappa shape index (κ2) is 6.92. The first-order valence-electron chi connectivity index (χ1n) is 7.98. The highest BCUT2D eigenvalue weighted by Gasteiger charge is 2.29. The fourth-order valence-corrected chi connectivity index (χ4v) is 2.92. The average Bonchev–Trinajstić information content (AvgIpc) is 2.98. The number of hydrogen-bond donors (Lipinski definition) is 1. The van der Waals surface area contributed by atoms with Gasteiger partial charge in [-0.15, -0.1) is 0 Å². The molecule has 4 nitrogen and oxygen atoms in total. The highest BCUT2D eigenvalue weighted by atomic mass is 16.5. The van der Waals surface area contributed by atoms with Gasteiger partial charge >= 0.3 is 0 Å². The van der Waals surface area contributed by atoms with Crippen LogP contribution in [0.4, 0.5) is 0 Å². The van der Waals surface area contributed by atoms with Gasteiger partial charge in [0.25, 0.3) is 5.91 Å². The Hall–Kier alpha value is -2.20. The molecule has 0 saturated carbocycles. The molecule has 0 unspecified atom stereocenters. The van der Waals surface area contributed by atoms with Gasteiger partial charge < -0.3 is 10.1 Å². The molecule has 0 aliphatic carbocycles. The van der Waals surface area contributed by atoms with Crippen molar-refractivity contribution in [3.63, 3.8) is 0 Å². The number of aryl methyl sites for hydroxylation is 2. The Morgan fingerprint density at radius 3 is 2.70 bits per heavy atom. The second-order valence-electron chi connectivity index (χ2n) is 6.24. The number of carbonyl (C=O) groups excluding carboxylic acids is 1. The van der Waals surface area contributed by atoms with Gasteiger partial charge in [-0.1, -0.05) is 6.07 Å². The first kappa shape index (κ1) is 15.7. The molecule has 2 atom stereocenters. The van der Waals surface area contributed by atoms with Gasteiger partial charge in [0.05, 0.1) is 19.3 Å². The molecule has 2 aromatic rings. The number of aromatic nitrogens is 1. The SMILES string of the molecule is Cc1ccc(C(=O)N[C@H]2COC[C@H]2Cc2ccncc2)cc1C. The quantitative estimate of drug-likeness (QED) is 0.944. The van der Waals surface area contributed by atoms with Gasteiger partial charge in [-0.05, 0) is 61.2 Å². The van der Waals surface area contributed by atoms with E-state index >= 15 is 0 Å². The van der Waals surface area contributed by atoms with Crippen molar-refractivity contribution in [2.45, 2.75) is 26.3 Å². The molecule has 1 N–H and O–H groups in total. The number of carbonyl (C=O) groups is 1. The van der Waals surface area contributed by atoms with Crippen LogP contribution >= 0.6 is 0 Å². The smallest absolute Gasteiger partial charge is 0.251 e. The van der Waals surface area contributed by atoms with Gasteiger partial charge in [0.2, 0.25) is 0 Å². The molecule has 1 aromatic carbocycles. The van der Waals surface area contributed by atoms with E-state index in [0.717, 1.165) is 12.0 Å². The Kier molecular flexibility index (Phi) is 4.72. The van der Waals surface area contributed by atoms with Crippen molar-refractivity contribution in [3.05, 3.63) is 65.0 Å². The minimum atomic E-state index is -0.0247. The van der Waals surface area contributed by atoms with Crippen LogP contribution in [-0.4, -0.2) is 30.1 Å². The van der Waals surface area contributed by atoms with Crippen molar-refractivity contribution in [1.82, 2.24) is 10.3 Å². The molecule has 1 amide bonds. The Morgan fingerprint density at radius 2 is 1.96 bits per heavy atom. The van der Waals surface area contributed by atoms with E-state index < -0.39 is 0 Å². The van der Waals surface area contributed by atoms with Crippen LogP contribution in [0.5, 0.6) is 0 Å². The van der Waals surface area contributed by atoms with E-state index in [9.17, 15) is 4.79 Å². The molecule has 0 radical (unpaired) electrons. The van der Waals surface area contributed by atoms with E-state index in [2.05, 4.69) is 10.3 Å². The van der Waals surface area contributed by atoms with Crippen LogP contribution in [-0.2, 0) is 11.2 Å². The topological polar surface area (TPSA) is 51.2 Å². The van der Waals surface area contributed by atoms with Crippen molar-refractivity contribution in [2.75, 3.05) is 13.2 Å². The number of hydrogen-bond acceptors (Lipinski definition) is 3. The van der Waals surface area contributed by atoms with Crippen LogP contribution in [0.15, 0.2) is 42.7 Å².